The third-order valence-electron chi connectivity index (χ3n) is 6.87. The summed E-state index contributed by atoms with van der Waals surface area (Å²) in [7, 11) is -4.08. The Morgan fingerprint density at radius 1 is 1.21 bits per heavy atom. The van der Waals surface area contributed by atoms with Crippen LogP contribution < -0.4 is 11.1 Å². The quantitative estimate of drug-likeness (QED) is 0.382. The Hall–Kier alpha value is -3.60. The number of allylic oxidation sites excluding steroid dienone is 4. The molecule has 38 heavy (non-hydrogen) atoms. The molecule has 0 saturated carbocycles. The van der Waals surface area contributed by atoms with E-state index in [1.807, 2.05) is 48.6 Å². The third-order valence-corrected chi connectivity index (χ3v) is 8.82. The molecule has 2 atom stereocenters. The van der Waals surface area contributed by atoms with Crippen LogP contribution >= 0.6 is 0 Å². The maximum atomic E-state index is 13.9. The number of aromatic nitrogens is 1. The summed E-state index contributed by atoms with van der Waals surface area (Å²) in [4.78, 5) is 15.3. The summed E-state index contributed by atoms with van der Waals surface area (Å²) < 4.78 is 41.0. The Kier molecular flexibility index (Phi) is 7.55. The Bertz CT molecular complexity index is 1480. The molecule has 2 aliphatic rings. The Morgan fingerprint density at radius 3 is 2.79 bits per heavy atom. The molecule has 1 aliphatic carbocycles. The van der Waals surface area contributed by atoms with Crippen molar-refractivity contribution in [2.75, 3.05) is 31.6 Å². The number of amides is 1. The van der Waals surface area contributed by atoms with Gasteiger partial charge in [-0.15, -0.1) is 0 Å². The molecule has 2 heterocycles. The van der Waals surface area contributed by atoms with Gasteiger partial charge in [-0.05, 0) is 24.1 Å². The first-order chi connectivity index (χ1) is 18.3. The van der Waals surface area contributed by atoms with Crippen LogP contribution in [0.5, 0.6) is 0 Å². The van der Waals surface area contributed by atoms with E-state index in [2.05, 4.69) is 23.3 Å². The molecule has 5 rings (SSSR count). The number of aromatic amines is 1. The van der Waals surface area contributed by atoms with E-state index in [1.54, 1.807) is 12.1 Å². The molecular formula is C28H32N4O5S. The van der Waals surface area contributed by atoms with Crippen LogP contribution in [0.2, 0.25) is 0 Å². The van der Waals surface area contributed by atoms with Gasteiger partial charge in [0.2, 0.25) is 10.0 Å². The van der Waals surface area contributed by atoms with Crippen LogP contribution in [-0.2, 0) is 26.0 Å². The zero-order valence-corrected chi connectivity index (χ0v) is 22.0. The topological polar surface area (TPSA) is 127 Å². The minimum atomic E-state index is -4.08. The van der Waals surface area contributed by atoms with Crippen LogP contribution in [0, 0.1) is 5.92 Å². The number of nitrogens with two attached hydrogens (primary N) is 1. The van der Waals surface area contributed by atoms with Gasteiger partial charge in [-0.3, -0.25) is 4.79 Å². The lowest BCUT2D eigenvalue weighted by molar-refractivity contribution is -0.0408. The van der Waals surface area contributed by atoms with Crippen molar-refractivity contribution < 1.29 is 22.7 Å². The molecule has 1 aliphatic heterocycles. The van der Waals surface area contributed by atoms with Gasteiger partial charge < -0.3 is 25.5 Å². The highest BCUT2D eigenvalue weighted by atomic mass is 32.2. The summed E-state index contributed by atoms with van der Waals surface area (Å²) in [5.74, 6) is 0.282. The number of anilines is 1. The normalized spacial score (nSPS) is 20.3. The van der Waals surface area contributed by atoms with Crippen molar-refractivity contribution in [1.82, 2.24) is 9.29 Å². The van der Waals surface area contributed by atoms with E-state index in [9.17, 15) is 13.2 Å². The average Bonchev–Trinajstić information content (AvgIpc) is 3.34. The number of para-hydroxylation sites is 1. The van der Waals surface area contributed by atoms with Crippen LogP contribution in [0.3, 0.4) is 0 Å². The molecular weight excluding hydrogens is 504 g/mol. The van der Waals surface area contributed by atoms with Gasteiger partial charge in [0.05, 0.1) is 23.6 Å². The Morgan fingerprint density at radius 2 is 2.03 bits per heavy atom. The number of hydrogen-bond donors (Lipinski definition) is 3. The number of carbonyl (C=O) groups is 1. The standard InChI is InChI=1S/C28H32N4O5S/c1-19-8-5-6-13-24(19)37-18-21-17-32(14-15-36-21)38(34,35)27-22-11-7-12-23(25(22)31-26(27)28(29)33)30-16-20-9-3-2-4-10-20/h2-7,9-13,19,21,30-31H,8,14-18H2,1H3,(H2,29,33). The van der Waals surface area contributed by atoms with Crippen LogP contribution in [0.25, 0.3) is 10.9 Å². The molecule has 2 unspecified atom stereocenters. The highest BCUT2D eigenvalue weighted by Gasteiger charge is 2.36. The van der Waals surface area contributed by atoms with Gasteiger partial charge in [0, 0.05) is 30.9 Å². The summed E-state index contributed by atoms with van der Waals surface area (Å²) in [5, 5.41) is 3.74. The summed E-state index contributed by atoms with van der Waals surface area (Å²) >= 11 is 0. The minimum absolute atomic E-state index is 0.108. The minimum Gasteiger partial charge on any atom is -0.495 e. The first-order valence-electron chi connectivity index (χ1n) is 12.7. The maximum absolute atomic E-state index is 13.9. The molecule has 10 heteroatoms. The fraction of sp³-hybridized carbons (Fsp3) is 0.321. The number of morpholine rings is 1. The van der Waals surface area contributed by atoms with Gasteiger partial charge in [-0.1, -0.05) is 61.5 Å². The molecule has 0 spiro atoms. The molecule has 0 bridgehead atoms. The van der Waals surface area contributed by atoms with E-state index in [0.717, 1.165) is 17.7 Å². The van der Waals surface area contributed by atoms with E-state index in [1.165, 1.54) is 4.31 Å². The number of sulfonamides is 1. The second-order valence-corrected chi connectivity index (χ2v) is 11.4. The van der Waals surface area contributed by atoms with Crippen LogP contribution in [0.1, 0.15) is 29.4 Å². The predicted octanol–water partition coefficient (Wildman–Crippen LogP) is 3.76. The van der Waals surface area contributed by atoms with Crippen LogP contribution in [0.4, 0.5) is 5.69 Å². The zero-order valence-electron chi connectivity index (χ0n) is 21.2. The van der Waals surface area contributed by atoms with Crippen LogP contribution in [-0.4, -0.2) is 56.0 Å². The van der Waals surface area contributed by atoms with Crippen molar-refractivity contribution in [3.8, 4) is 0 Å². The number of primary amides is 1. The van der Waals surface area contributed by atoms with E-state index in [0.29, 0.717) is 23.1 Å². The lowest BCUT2D eigenvalue weighted by Crippen LogP contribution is -2.47. The molecule has 9 nitrogen and oxygen atoms in total. The Labute approximate surface area is 222 Å². The van der Waals surface area contributed by atoms with Gasteiger partial charge in [0.25, 0.3) is 5.91 Å². The van der Waals surface area contributed by atoms with E-state index in [-0.39, 0.29) is 42.8 Å². The van der Waals surface area contributed by atoms with Gasteiger partial charge in [-0.25, -0.2) is 8.42 Å². The zero-order chi connectivity index (χ0) is 26.7. The van der Waals surface area contributed by atoms with Crippen LogP contribution in [0.15, 0.2) is 77.4 Å². The number of nitrogens with zero attached hydrogens (tertiary/aromatic N) is 1. The fourth-order valence-corrected chi connectivity index (χ4v) is 6.61. The van der Waals surface area contributed by atoms with E-state index >= 15 is 0 Å². The summed E-state index contributed by atoms with van der Waals surface area (Å²) in [6, 6.07) is 15.1. The first kappa shape index (κ1) is 26.0. The summed E-state index contributed by atoms with van der Waals surface area (Å²) in [5.41, 5.74) is 7.77. The lowest BCUT2D eigenvalue weighted by Gasteiger charge is -2.32. The van der Waals surface area contributed by atoms with Gasteiger partial charge >= 0.3 is 0 Å². The van der Waals surface area contributed by atoms with E-state index in [4.69, 9.17) is 15.2 Å². The highest BCUT2D eigenvalue weighted by molar-refractivity contribution is 7.89. The number of fused-ring (bicyclic) bond motifs is 1. The number of H-pyrrole nitrogens is 1. The number of nitrogens with one attached hydrogen (secondary N) is 2. The SMILES string of the molecule is CC1CC=CC=C1OCC1CN(S(=O)(=O)c2c(C(N)=O)[nH]c3c(NCc4ccccc4)cccc23)CCO1. The molecule has 1 aromatic heterocycles. The molecule has 2 aromatic carbocycles. The number of carbonyl (C=O) groups excluding carboxylic acids is 1. The molecule has 0 radical (unpaired) electrons. The third kappa shape index (κ3) is 5.33. The van der Waals surface area contributed by atoms with Crippen molar-refractivity contribution in [1.29, 1.82) is 0 Å². The number of hydrogen-bond acceptors (Lipinski definition) is 6. The summed E-state index contributed by atoms with van der Waals surface area (Å²) in [6.45, 7) is 3.34. The van der Waals surface area contributed by atoms with Crippen molar-refractivity contribution in [2.24, 2.45) is 11.7 Å². The van der Waals surface area contributed by atoms with Gasteiger partial charge in [-0.2, -0.15) is 4.31 Å². The number of benzene rings is 2. The number of ether oxygens (including phenoxy) is 2. The second kappa shape index (κ2) is 11.0. The molecule has 4 N–H and O–H groups in total. The van der Waals surface area contributed by atoms with E-state index < -0.39 is 22.0 Å². The predicted molar refractivity (Wildman–Crippen MR) is 146 cm³/mol. The monoisotopic (exact) mass is 536 g/mol. The van der Waals surface area contributed by atoms with Crippen molar-refractivity contribution in [3.05, 3.63) is 83.8 Å². The smallest absolute Gasteiger partial charge is 0.266 e. The molecule has 1 amide bonds. The molecule has 1 fully saturated rings. The van der Waals surface area contributed by atoms with Crippen molar-refractivity contribution in [3.63, 3.8) is 0 Å². The van der Waals surface area contributed by atoms with Crippen molar-refractivity contribution in [2.45, 2.75) is 30.9 Å². The van der Waals surface area contributed by atoms with Crippen molar-refractivity contribution >= 4 is 32.5 Å². The fourth-order valence-electron chi connectivity index (χ4n) is 4.82. The number of rotatable bonds is 9. The second-order valence-electron chi connectivity index (χ2n) is 9.56. The first-order valence-corrected chi connectivity index (χ1v) is 14.1. The molecule has 1 saturated heterocycles. The molecule has 3 aromatic rings. The average molecular weight is 537 g/mol. The highest BCUT2D eigenvalue weighted by Crippen LogP contribution is 2.34. The van der Waals surface area contributed by atoms with Gasteiger partial charge in [0.1, 0.15) is 23.3 Å². The largest absolute Gasteiger partial charge is 0.495 e. The maximum Gasteiger partial charge on any atom is 0.266 e. The lowest BCUT2D eigenvalue weighted by atomic mass is 10.0. The molecule has 200 valence electrons. The Balaban J connectivity index is 1.40. The van der Waals surface area contributed by atoms with Gasteiger partial charge in [0.15, 0.2) is 0 Å². The summed E-state index contributed by atoms with van der Waals surface area (Å²) in [6.07, 6.45) is 6.43.